The molecule has 7 nitrogen and oxygen atoms in total. The smallest absolute Gasteiger partial charge is 0.241 e. The van der Waals surface area contributed by atoms with Crippen LogP contribution in [-0.2, 0) is 52.3 Å². The van der Waals surface area contributed by atoms with Gasteiger partial charge in [-0.3, -0.25) is 4.79 Å². The molecule has 2 atom stereocenters. The van der Waals surface area contributed by atoms with Crippen LogP contribution in [0.4, 0.5) is 0 Å². The van der Waals surface area contributed by atoms with E-state index in [2.05, 4.69) is 4.72 Å². The maximum atomic E-state index is 12.6. The summed E-state index contributed by atoms with van der Waals surface area (Å²) in [6, 6.07) is 6.05. The molecule has 0 unspecified atom stereocenters. The van der Waals surface area contributed by atoms with Crippen LogP contribution in [0.25, 0.3) is 5.73 Å². The van der Waals surface area contributed by atoms with Crippen molar-refractivity contribution in [3.63, 3.8) is 0 Å². The van der Waals surface area contributed by atoms with Gasteiger partial charge in [-0.25, -0.2) is 8.42 Å². The summed E-state index contributed by atoms with van der Waals surface area (Å²) in [5.74, 6) is -1.31. The summed E-state index contributed by atoms with van der Waals surface area (Å²) in [6.07, 6.45) is 1.72. The van der Waals surface area contributed by atoms with Crippen molar-refractivity contribution in [3.8, 4) is 0 Å². The summed E-state index contributed by atoms with van der Waals surface area (Å²) in [5, 5.41) is 0. The topological polar surface area (TPSA) is 107 Å². The monoisotopic (exact) mass is 427 g/mol. The van der Waals surface area contributed by atoms with E-state index in [0.717, 1.165) is 0 Å². The summed E-state index contributed by atoms with van der Waals surface area (Å²) in [4.78, 5) is 25.2. The van der Waals surface area contributed by atoms with E-state index in [1.54, 1.807) is 18.2 Å². The minimum atomic E-state index is -3.81. The Kier molecular flexibility index (Phi) is 7.99. The first-order chi connectivity index (χ1) is 10.8. The maximum Gasteiger partial charge on any atom is 0.241 e. The quantitative estimate of drug-likeness (QED) is 0.765. The van der Waals surface area contributed by atoms with Crippen molar-refractivity contribution in [2.75, 3.05) is 6.54 Å². The third-order valence-electron chi connectivity index (χ3n) is 3.92. The summed E-state index contributed by atoms with van der Waals surface area (Å²) in [6.45, 7) is 1.84. The summed E-state index contributed by atoms with van der Waals surface area (Å²) in [5.41, 5.74) is 7.19. The first-order valence-corrected chi connectivity index (χ1v) is 8.94. The molecule has 0 aliphatic carbocycles. The van der Waals surface area contributed by atoms with E-state index in [4.69, 9.17) is 5.73 Å². The van der Waals surface area contributed by atoms with Gasteiger partial charge in [0.05, 0.1) is 16.8 Å². The molecule has 0 saturated carbocycles. The number of rotatable bonds is 5. The number of carbonyl (C=O) groups excluding carboxylic acids is 2. The molecule has 1 fully saturated rings. The molecule has 1 aromatic carbocycles. The number of sulfonamides is 1. The van der Waals surface area contributed by atoms with Crippen molar-refractivity contribution in [2.45, 2.75) is 43.2 Å². The average Bonchev–Trinajstić information content (AvgIpc) is 2.69. The number of nitrogens with zero attached hydrogens (tertiary/aromatic N) is 1. The van der Waals surface area contributed by atoms with Crippen molar-refractivity contribution in [3.05, 3.63) is 36.1 Å². The molecule has 1 aliphatic rings. The van der Waals surface area contributed by atoms with Crippen LogP contribution in [0.15, 0.2) is 35.2 Å². The molecule has 129 valence electrons. The van der Waals surface area contributed by atoms with Gasteiger partial charge in [0.25, 0.3) is 0 Å². The van der Waals surface area contributed by atoms with Crippen LogP contribution in [0.1, 0.15) is 26.2 Å². The SMILES string of the molecule is C[C@@H](C([NH-])=O)N1CCCC[C@H](NS(=O)(=O)c2ccccc2)C1=O.[Y]. The van der Waals surface area contributed by atoms with Gasteiger partial charge in [0.1, 0.15) is 6.04 Å². The number of benzene rings is 1. The molecule has 0 spiro atoms. The molecule has 2 amide bonds. The molecular formula is C15H20N3O4SY-. The van der Waals surface area contributed by atoms with Gasteiger partial charge in [-0.1, -0.05) is 18.2 Å². The molecular weight excluding hydrogens is 407 g/mol. The van der Waals surface area contributed by atoms with E-state index in [9.17, 15) is 18.0 Å². The fourth-order valence-corrected chi connectivity index (χ4v) is 3.80. The molecule has 1 saturated heterocycles. The van der Waals surface area contributed by atoms with Gasteiger partial charge in [-0.15, -0.1) is 0 Å². The Morgan fingerprint density at radius 2 is 1.92 bits per heavy atom. The fourth-order valence-electron chi connectivity index (χ4n) is 2.55. The molecule has 0 aromatic heterocycles. The molecule has 1 aliphatic heterocycles. The zero-order valence-corrected chi connectivity index (χ0v) is 17.1. The second-order valence-electron chi connectivity index (χ2n) is 5.55. The number of hydrogen-bond donors (Lipinski definition) is 1. The summed E-state index contributed by atoms with van der Waals surface area (Å²) < 4.78 is 27.2. The molecule has 0 bridgehead atoms. The zero-order valence-electron chi connectivity index (χ0n) is 13.4. The van der Waals surface area contributed by atoms with E-state index in [0.29, 0.717) is 25.8 Å². The van der Waals surface area contributed by atoms with Crippen LogP contribution in [0.2, 0.25) is 0 Å². The third-order valence-corrected chi connectivity index (χ3v) is 5.41. The normalized spacial score (nSPS) is 20.0. The molecule has 9 heteroatoms. The Morgan fingerprint density at radius 1 is 1.29 bits per heavy atom. The van der Waals surface area contributed by atoms with Crippen molar-refractivity contribution >= 4 is 21.8 Å². The molecule has 24 heavy (non-hydrogen) atoms. The van der Waals surface area contributed by atoms with Gasteiger partial charge < -0.3 is 15.4 Å². The van der Waals surface area contributed by atoms with Gasteiger partial charge >= 0.3 is 0 Å². The van der Waals surface area contributed by atoms with Crippen LogP contribution >= 0.6 is 0 Å². The van der Waals surface area contributed by atoms with Crippen molar-refractivity contribution in [1.82, 2.24) is 9.62 Å². The summed E-state index contributed by atoms with van der Waals surface area (Å²) in [7, 11) is -3.81. The van der Waals surface area contributed by atoms with Crippen LogP contribution in [0.3, 0.4) is 0 Å². The molecule has 1 aromatic rings. The van der Waals surface area contributed by atoms with Crippen LogP contribution in [-0.4, -0.2) is 43.8 Å². The second kappa shape index (κ2) is 9.03. The number of carbonyl (C=O) groups is 2. The Hall–Kier alpha value is -0.826. The van der Waals surface area contributed by atoms with E-state index in [1.807, 2.05) is 0 Å². The largest absolute Gasteiger partial charge is 0.666 e. The number of amides is 2. The summed E-state index contributed by atoms with van der Waals surface area (Å²) >= 11 is 0. The number of likely N-dealkylation sites (tertiary alicyclic amines) is 1. The van der Waals surface area contributed by atoms with Gasteiger partial charge in [-0.2, -0.15) is 4.72 Å². The number of nitrogens with one attached hydrogen (secondary N) is 2. The van der Waals surface area contributed by atoms with E-state index in [-0.39, 0.29) is 37.6 Å². The minimum Gasteiger partial charge on any atom is -0.666 e. The Bertz CT molecular complexity index is 681. The van der Waals surface area contributed by atoms with Gasteiger partial charge in [0.2, 0.25) is 15.9 Å². The van der Waals surface area contributed by atoms with Crippen LogP contribution in [0, 0.1) is 0 Å². The van der Waals surface area contributed by atoms with E-state index >= 15 is 0 Å². The standard InChI is InChI=1S/C15H21N3O4S.Y/c1-11(14(16)19)18-10-6-5-9-13(15(18)20)17-23(21,22)12-7-3-2-4-8-12;/h2-4,7-8,11,13,17H,5-6,9-10H2,1H3,(H2,16,19);/p-1/t11-,13-;/m0./s1. The molecule has 2 N–H and O–H groups in total. The maximum absolute atomic E-state index is 12.6. The van der Waals surface area contributed by atoms with Gasteiger partial charge in [0.15, 0.2) is 0 Å². The first-order valence-electron chi connectivity index (χ1n) is 7.46. The molecule has 2 rings (SSSR count). The van der Waals surface area contributed by atoms with Crippen LogP contribution < -0.4 is 4.72 Å². The zero-order chi connectivity index (χ0) is 17.0. The minimum absolute atomic E-state index is 0. The Balaban J connectivity index is 0.00000288. The van der Waals surface area contributed by atoms with Crippen LogP contribution in [0.5, 0.6) is 0 Å². The Morgan fingerprint density at radius 3 is 2.50 bits per heavy atom. The number of hydrogen-bond acceptors (Lipinski definition) is 4. The molecule has 1 heterocycles. The Labute approximate surface area is 167 Å². The average molecular weight is 427 g/mol. The first kappa shape index (κ1) is 21.2. The van der Waals surface area contributed by atoms with Crippen molar-refractivity contribution < 1.29 is 50.7 Å². The van der Waals surface area contributed by atoms with E-state index in [1.165, 1.54) is 24.0 Å². The third kappa shape index (κ3) is 5.08. The van der Waals surface area contributed by atoms with Gasteiger partial charge in [0, 0.05) is 39.3 Å². The second-order valence-corrected chi connectivity index (χ2v) is 7.27. The van der Waals surface area contributed by atoms with Crippen molar-refractivity contribution in [1.29, 1.82) is 0 Å². The predicted molar refractivity (Wildman–Crippen MR) is 84.9 cm³/mol. The van der Waals surface area contributed by atoms with Crippen molar-refractivity contribution in [2.24, 2.45) is 0 Å². The van der Waals surface area contributed by atoms with E-state index < -0.39 is 33.9 Å². The fraction of sp³-hybridized carbons (Fsp3) is 0.467. The molecule has 1 radical (unpaired) electrons. The van der Waals surface area contributed by atoms with Gasteiger partial charge in [-0.05, 0) is 38.3 Å². The predicted octanol–water partition coefficient (Wildman–Crippen LogP) is 1.31.